The number of non-ortho nitro benzene ring substituents is 1. The average Bonchev–Trinajstić information content (AvgIpc) is 3.58. The third kappa shape index (κ3) is 3.94. The van der Waals surface area contributed by atoms with Gasteiger partial charge in [0, 0.05) is 12.1 Å². The number of hydrogen-bond acceptors (Lipinski definition) is 9. The molecule has 2 aromatic carbocycles. The van der Waals surface area contributed by atoms with Gasteiger partial charge in [-0.25, -0.2) is 4.98 Å². The van der Waals surface area contributed by atoms with Crippen molar-refractivity contribution in [2.45, 2.75) is 13.0 Å². The number of anilines is 1. The van der Waals surface area contributed by atoms with Crippen molar-refractivity contribution >= 4 is 55.4 Å². The van der Waals surface area contributed by atoms with Gasteiger partial charge in [0.15, 0.2) is 10.9 Å². The Morgan fingerprint density at radius 3 is 2.77 bits per heavy atom. The van der Waals surface area contributed by atoms with Gasteiger partial charge in [0.1, 0.15) is 5.75 Å². The summed E-state index contributed by atoms with van der Waals surface area (Å²) in [6.07, 6.45) is 0. The maximum atomic E-state index is 13.4. The molecule has 1 aliphatic heterocycles. The second-order valence-corrected chi connectivity index (χ2v) is 9.51. The third-order valence-corrected chi connectivity index (χ3v) is 7.35. The van der Waals surface area contributed by atoms with E-state index < -0.39 is 28.4 Å². The van der Waals surface area contributed by atoms with Crippen LogP contribution in [-0.2, 0) is 4.79 Å². The number of nitro groups is 1. The lowest BCUT2D eigenvalue weighted by molar-refractivity contribution is -0.384. The molecule has 0 saturated carbocycles. The molecule has 0 spiro atoms. The normalized spacial score (nSPS) is 15.7. The van der Waals surface area contributed by atoms with E-state index in [1.54, 1.807) is 41.8 Å². The Kier molecular flexibility index (Phi) is 5.79. The second-order valence-electron chi connectivity index (χ2n) is 7.56. The van der Waals surface area contributed by atoms with E-state index in [0.29, 0.717) is 28.3 Å². The van der Waals surface area contributed by atoms with Crippen LogP contribution in [-0.4, -0.2) is 33.3 Å². The standard InChI is InChI=1S/C24H17N3O6S2/c1-2-33-15-8-9-16-18(12-15)35-24(25-16)26-20(13-5-3-6-14(11-13)27(31)32)19(22(29)23(26)30)21(28)17-7-4-10-34-17/h3-12,20,29H,2H2,1H3. The molecule has 5 rings (SSSR count). The lowest BCUT2D eigenvalue weighted by Crippen LogP contribution is -2.31. The predicted molar refractivity (Wildman–Crippen MR) is 132 cm³/mol. The minimum Gasteiger partial charge on any atom is -0.503 e. The van der Waals surface area contributed by atoms with E-state index in [0.717, 1.165) is 4.70 Å². The van der Waals surface area contributed by atoms with Gasteiger partial charge in [0.2, 0.25) is 5.78 Å². The van der Waals surface area contributed by atoms with E-state index in [1.165, 1.54) is 45.8 Å². The summed E-state index contributed by atoms with van der Waals surface area (Å²) in [7, 11) is 0. The van der Waals surface area contributed by atoms with Gasteiger partial charge in [-0.05, 0) is 42.1 Å². The molecule has 1 atom stereocenters. The van der Waals surface area contributed by atoms with Crippen LogP contribution in [0.2, 0.25) is 0 Å². The molecular formula is C24H17N3O6S2. The van der Waals surface area contributed by atoms with E-state index >= 15 is 0 Å². The molecule has 0 aliphatic carbocycles. The summed E-state index contributed by atoms with van der Waals surface area (Å²) in [5.74, 6) is -1.38. The zero-order valence-corrected chi connectivity index (χ0v) is 19.8. The van der Waals surface area contributed by atoms with Crippen LogP contribution in [0.25, 0.3) is 10.2 Å². The van der Waals surface area contributed by atoms with Crippen molar-refractivity contribution < 1.29 is 24.4 Å². The lowest BCUT2D eigenvalue weighted by atomic mass is 9.95. The van der Waals surface area contributed by atoms with Crippen LogP contribution in [0.5, 0.6) is 5.75 Å². The van der Waals surface area contributed by atoms with Crippen molar-refractivity contribution in [3.05, 3.63) is 91.9 Å². The number of fused-ring (bicyclic) bond motifs is 1. The Bertz CT molecular complexity index is 1510. The second kappa shape index (κ2) is 8.93. The van der Waals surface area contributed by atoms with Gasteiger partial charge >= 0.3 is 0 Å². The van der Waals surface area contributed by atoms with Crippen LogP contribution >= 0.6 is 22.7 Å². The van der Waals surface area contributed by atoms with Crippen molar-refractivity contribution in [1.82, 2.24) is 4.98 Å². The summed E-state index contributed by atoms with van der Waals surface area (Å²) in [6, 6.07) is 13.2. The number of aliphatic hydroxyl groups is 1. The SMILES string of the molecule is CCOc1ccc2nc(N3C(=O)C(O)=C(C(=O)c4cccs4)C3c3cccc([N+](=O)[O-])c3)sc2c1. The number of hydrogen-bond donors (Lipinski definition) is 1. The number of nitro benzene ring substituents is 1. The van der Waals surface area contributed by atoms with Gasteiger partial charge in [0.05, 0.1) is 38.2 Å². The summed E-state index contributed by atoms with van der Waals surface area (Å²) < 4.78 is 6.29. The number of carbonyl (C=O) groups excluding carboxylic acids is 2. The summed E-state index contributed by atoms with van der Waals surface area (Å²) in [5.41, 5.74) is 0.574. The molecule has 0 fully saturated rings. The fourth-order valence-electron chi connectivity index (χ4n) is 3.95. The maximum Gasteiger partial charge on any atom is 0.296 e. The highest BCUT2D eigenvalue weighted by atomic mass is 32.1. The number of benzene rings is 2. The first kappa shape index (κ1) is 22.7. The summed E-state index contributed by atoms with van der Waals surface area (Å²) >= 11 is 2.37. The van der Waals surface area contributed by atoms with Crippen molar-refractivity contribution in [3.8, 4) is 5.75 Å². The van der Waals surface area contributed by atoms with Gasteiger partial charge in [-0.1, -0.05) is 29.5 Å². The minimum absolute atomic E-state index is 0.146. The molecule has 35 heavy (non-hydrogen) atoms. The molecule has 0 bridgehead atoms. The first-order valence-corrected chi connectivity index (χ1v) is 12.2. The lowest BCUT2D eigenvalue weighted by Gasteiger charge is -2.24. The van der Waals surface area contributed by atoms with Crippen LogP contribution in [0.4, 0.5) is 10.8 Å². The molecule has 0 radical (unpaired) electrons. The maximum absolute atomic E-state index is 13.4. The molecule has 3 heterocycles. The molecule has 1 amide bonds. The molecule has 1 N–H and O–H groups in total. The van der Waals surface area contributed by atoms with E-state index in [1.807, 2.05) is 6.92 Å². The number of amides is 1. The Morgan fingerprint density at radius 2 is 2.06 bits per heavy atom. The molecule has 1 aliphatic rings. The molecule has 0 saturated heterocycles. The smallest absolute Gasteiger partial charge is 0.296 e. The summed E-state index contributed by atoms with van der Waals surface area (Å²) in [4.78, 5) is 43.7. The number of rotatable bonds is 7. The van der Waals surface area contributed by atoms with Crippen molar-refractivity contribution in [2.24, 2.45) is 0 Å². The molecule has 4 aromatic rings. The Labute approximate surface area is 206 Å². The first-order chi connectivity index (χ1) is 16.9. The number of thiophene rings is 1. The highest BCUT2D eigenvalue weighted by Gasteiger charge is 2.46. The molecule has 176 valence electrons. The largest absolute Gasteiger partial charge is 0.503 e. The van der Waals surface area contributed by atoms with Gasteiger partial charge in [-0.15, -0.1) is 11.3 Å². The zero-order valence-electron chi connectivity index (χ0n) is 18.2. The molecule has 2 aromatic heterocycles. The highest BCUT2D eigenvalue weighted by Crippen LogP contribution is 2.45. The number of ether oxygens (including phenoxy) is 1. The van der Waals surface area contributed by atoms with E-state index in [-0.39, 0.29) is 16.4 Å². The van der Waals surface area contributed by atoms with Crippen LogP contribution in [0.3, 0.4) is 0 Å². The van der Waals surface area contributed by atoms with Gasteiger partial charge < -0.3 is 9.84 Å². The van der Waals surface area contributed by atoms with Crippen molar-refractivity contribution in [2.75, 3.05) is 11.5 Å². The van der Waals surface area contributed by atoms with Crippen LogP contribution in [0, 0.1) is 10.1 Å². The third-order valence-electron chi connectivity index (χ3n) is 5.46. The van der Waals surface area contributed by atoms with E-state index in [2.05, 4.69) is 4.98 Å². The molecule has 9 nitrogen and oxygen atoms in total. The van der Waals surface area contributed by atoms with Gasteiger partial charge in [-0.2, -0.15) is 0 Å². The number of carbonyl (C=O) groups is 2. The number of aromatic nitrogens is 1. The average molecular weight is 508 g/mol. The monoisotopic (exact) mass is 507 g/mol. The van der Waals surface area contributed by atoms with Crippen LogP contribution in [0.15, 0.2) is 71.3 Å². The Hall–Kier alpha value is -4.09. The number of thiazole rings is 1. The molecule has 1 unspecified atom stereocenters. The molecular weight excluding hydrogens is 490 g/mol. The van der Waals surface area contributed by atoms with Crippen molar-refractivity contribution in [1.29, 1.82) is 0 Å². The van der Waals surface area contributed by atoms with Gasteiger partial charge in [0.25, 0.3) is 11.6 Å². The van der Waals surface area contributed by atoms with Gasteiger partial charge in [-0.3, -0.25) is 24.6 Å². The predicted octanol–water partition coefficient (Wildman–Crippen LogP) is 5.45. The fourth-order valence-corrected chi connectivity index (χ4v) is 5.65. The topological polar surface area (TPSA) is 123 Å². The zero-order chi connectivity index (χ0) is 24.7. The summed E-state index contributed by atoms with van der Waals surface area (Å²) in [6.45, 7) is 2.36. The van der Waals surface area contributed by atoms with Crippen LogP contribution in [0.1, 0.15) is 28.2 Å². The van der Waals surface area contributed by atoms with Crippen molar-refractivity contribution in [3.63, 3.8) is 0 Å². The number of Topliss-reactive ketones (excluding diaryl/α,β-unsaturated/α-hetero) is 1. The Balaban J connectivity index is 1.67. The number of aliphatic hydroxyl groups excluding tert-OH is 1. The van der Waals surface area contributed by atoms with E-state index in [4.69, 9.17) is 4.74 Å². The van der Waals surface area contributed by atoms with E-state index in [9.17, 15) is 24.8 Å². The Morgan fingerprint density at radius 1 is 1.23 bits per heavy atom. The highest BCUT2D eigenvalue weighted by molar-refractivity contribution is 7.22. The summed E-state index contributed by atoms with van der Waals surface area (Å²) in [5, 5.41) is 24.2. The quantitative estimate of drug-likeness (QED) is 0.200. The first-order valence-electron chi connectivity index (χ1n) is 10.5. The number of ketones is 1. The fraction of sp³-hybridized carbons (Fsp3) is 0.125. The number of nitrogens with zero attached hydrogens (tertiary/aromatic N) is 3. The van der Waals surface area contributed by atoms with Crippen LogP contribution < -0.4 is 9.64 Å². The molecule has 11 heteroatoms. The minimum atomic E-state index is -1.09.